The number of hydrogen-bond donors (Lipinski definition) is 1. The number of hydrogen-bond acceptors (Lipinski definition) is 1. The SMILES string of the molecule is CC(C)(C)c1ccccc1-n1c(=S)[nH]c2ccc(F)cc21. The lowest BCUT2D eigenvalue weighted by molar-refractivity contribution is 0.586. The van der Waals surface area contributed by atoms with Crippen LogP contribution in [0.2, 0.25) is 0 Å². The molecule has 0 amide bonds. The Hall–Kier alpha value is -1.94. The summed E-state index contributed by atoms with van der Waals surface area (Å²) in [6, 6.07) is 12.8. The number of benzene rings is 2. The van der Waals surface area contributed by atoms with E-state index >= 15 is 0 Å². The van der Waals surface area contributed by atoms with Gasteiger partial charge in [0.2, 0.25) is 0 Å². The van der Waals surface area contributed by atoms with Gasteiger partial charge in [-0.2, -0.15) is 0 Å². The van der Waals surface area contributed by atoms with Crippen LogP contribution < -0.4 is 0 Å². The third-order valence-corrected chi connectivity index (χ3v) is 3.88. The molecule has 0 unspecified atom stereocenters. The Morgan fingerprint density at radius 2 is 1.81 bits per heavy atom. The van der Waals surface area contributed by atoms with Crippen molar-refractivity contribution in [3.8, 4) is 5.69 Å². The summed E-state index contributed by atoms with van der Waals surface area (Å²) in [7, 11) is 0. The Morgan fingerprint density at radius 3 is 2.52 bits per heavy atom. The average molecular weight is 300 g/mol. The van der Waals surface area contributed by atoms with Crippen LogP contribution in [0, 0.1) is 10.6 Å². The van der Waals surface area contributed by atoms with Crippen LogP contribution in [0.1, 0.15) is 26.3 Å². The molecule has 0 saturated carbocycles. The largest absolute Gasteiger partial charge is 0.330 e. The molecule has 3 aromatic rings. The Morgan fingerprint density at radius 1 is 1.10 bits per heavy atom. The topological polar surface area (TPSA) is 20.7 Å². The van der Waals surface area contributed by atoms with Crippen molar-refractivity contribution in [1.29, 1.82) is 0 Å². The number of para-hydroxylation sites is 1. The smallest absolute Gasteiger partial charge is 0.182 e. The Bertz CT molecular complexity index is 868. The number of rotatable bonds is 1. The predicted octanol–water partition coefficient (Wildman–Crippen LogP) is 5.12. The first-order valence-corrected chi connectivity index (χ1v) is 7.29. The maximum Gasteiger partial charge on any atom is 0.182 e. The Kier molecular flexibility index (Phi) is 3.21. The van der Waals surface area contributed by atoms with Gasteiger partial charge in [-0.3, -0.25) is 4.57 Å². The van der Waals surface area contributed by atoms with Crippen molar-refractivity contribution < 1.29 is 4.39 Å². The van der Waals surface area contributed by atoms with E-state index in [4.69, 9.17) is 12.2 Å². The van der Waals surface area contributed by atoms with Crippen LogP contribution in [0.4, 0.5) is 4.39 Å². The van der Waals surface area contributed by atoms with E-state index in [1.807, 2.05) is 22.8 Å². The number of nitrogens with zero attached hydrogens (tertiary/aromatic N) is 1. The number of H-pyrrole nitrogens is 1. The van der Waals surface area contributed by atoms with Crippen molar-refractivity contribution in [2.45, 2.75) is 26.2 Å². The van der Waals surface area contributed by atoms with Crippen molar-refractivity contribution in [2.24, 2.45) is 0 Å². The molecule has 0 aliphatic rings. The molecule has 0 saturated heterocycles. The van der Waals surface area contributed by atoms with Crippen molar-refractivity contribution >= 4 is 23.3 Å². The van der Waals surface area contributed by atoms with Crippen molar-refractivity contribution in [3.05, 3.63) is 58.6 Å². The fraction of sp³-hybridized carbons (Fsp3) is 0.235. The van der Waals surface area contributed by atoms with Crippen LogP contribution in [-0.4, -0.2) is 9.55 Å². The van der Waals surface area contributed by atoms with Gasteiger partial charge in [0.25, 0.3) is 0 Å². The number of imidazole rings is 1. The molecule has 0 atom stereocenters. The van der Waals surface area contributed by atoms with Crippen LogP contribution in [-0.2, 0) is 5.41 Å². The second-order valence-corrected chi connectivity index (χ2v) is 6.58. The third-order valence-electron chi connectivity index (χ3n) is 3.60. The lowest BCUT2D eigenvalue weighted by atomic mass is 9.86. The molecule has 0 aliphatic carbocycles. The van der Waals surface area contributed by atoms with E-state index in [1.54, 1.807) is 6.07 Å². The standard InChI is InChI=1S/C17H17FN2S/c1-17(2,3)12-6-4-5-7-14(12)20-15-10-11(18)8-9-13(15)19-16(20)21/h4-10H,1-3H3,(H,19,21). The highest BCUT2D eigenvalue weighted by molar-refractivity contribution is 7.71. The molecular formula is C17H17FN2S. The zero-order chi connectivity index (χ0) is 15.2. The molecule has 0 bridgehead atoms. The van der Waals surface area contributed by atoms with Crippen LogP contribution in [0.25, 0.3) is 16.7 Å². The molecular weight excluding hydrogens is 283 g/mol. The number of halogens is 1. The van der Waals surface area contributed by atoms with Crippen LogP contribution in [0.15, 0.2) is 42.5 Å². The van der Waals surface area contributed by atoms with E-state index in [9.17, 15) is 4.39 Å². The molecule has 2 nitrogen and oxygen atoms in total. The summed E-state index contributed by atoms with van der Waals surface area (Å²) >= 11 is 5.45. The van der Waals surface area contributed by atoms with Crippen molar-refractivity contribution in [2.75, 3.05) is 0 Å². The zero-order valence-corrected chi connectivity index (χ0v) is 13.1. The molecule has 108 valence electrons. The summed E-state index contributed by atoms with van der Waals surface area (Å²) in [4.78, 5) is 3.14. The van der Waals surface area contributed by atoms with Gasteiger partial charge in [-0.15, -0.1) is 0 Å². The molecule has 21 heavy (non-hydrogen) atoms. The first-order valence-electron chi connectivity index (χ1n) is 6.88. The highest BCUT2D eigenvalue weighted by Gasteiger charge is 2.20. The summed E-state index contributed by atoms with van der Waals surface area (Å²) in [5, 5.41) is 0. The van der Waals surface area contributed by atoms with Gasteiger partial charge in [0.1, 0.15) is 5.82 Å². The maximum atomic E-state index is 13.6. The molecule has 3 rings (SSSR count). The molecule has 0 radical (unpaired) electrons. The molecule has 1 N–H and O–H groups in total. The Balaban J connectivity index is 2.39. The Labute approximate surface area is 128 Å². The first-order chi connectivity index (χ1) is 9.88. The van der Waals surface area contributed by atoms with Gasteiger partial charge >= 0.3 is 0 Å². The van der Waals surface area contributed by atoms with Gasteiger partial charge in [-0.25, -0.2) is 4.39 Å². The number of aromatic nitrogens is 2. The van der Waals surface area contributed by atoms with Gasteiger partial charge in [-0.05, 0) is 41.4 Å². The fourth-order valence-electron chi connectivity index (χ4n) is 2.62. The third kappa shape index (κ3) is 2.40. The van der Waals surface area contributed by atoms with Gasteiger partial charge < -0.3 is 4.98 Å². The normalized spacial score (nSPS) is 12.0. The van der Waals surface area contributed by atoms with E-state index < -0.39 is 0 Å². The number of nitrogens with one attached hydrogen (secondary N) is 1. The highest BCUT2D eigenvalue weighted by Crippen LogP contribution is 2.30. The van der Waals surface area contributed by atoms with E-state index in [-0.39, 0.29) is 11.2 Å². The van der Waals surface area contributed by atoms with Gasteiger partial charge in [0, 0.05) is 6.07 Å². The van der Waals surface area contributed by atoms with Gasteiger partial charge in [0.15, 0.2) is 4.77 Å². The first kappa shape index (κ1) is 14.0. The molecule has 1 heterocycles. The molecule has 4 heteroatoms. The number of aromatic amines is 1. The summed E-state index contributed by atoms with van der Waals surface area (Å²) in [6.07, 6.45) is 0. The minimum atomic E-state index is -0.265. The summed E-state index contributed by atoms with van der Waals surface area (Å²) in [6.45, 7) is 6.47. The maximum absolute atomic E-state index is 13.6. The fourth-order valence-corrected chi connectivity index (χ4v) is 2.92. The van der Waals surface area contributed by atoms with Crippen LogP contribution in [0.5, 0.6) is 0 Å². The quantitative estimate of drug-likeness (QED) is 0.618. The van der Waals surface area contributed by atoms with Gasteiger partial charge in [-0.1, -0.05) is 39.0 Å². The lowest BCUT2D eigenvalue weighted by Crippen LogP contribution is -2.15. The van der Waals surface area contributed by atoms with E-state index in [0.717, 1.165) is 16.7 Å². The second kappa shape index (κ2) is 4.81. The molecule has 0 aliphatic heterocycles. The summed E-state index contributed by atoms with van der Waals surface area (Å²) in [5.41, 5.74) is 3.74. The molecule has 2 aromatic carbocycles. The highest BCUT2D eigenvalue weighted by atomic mass is 32.1. The minimum Gasteiger partial charge on any atom is -0.330 e. The summed E-state index contributed by atoms with van der Waals surface area (Å²) < 4.78 is 16.1. The number of fused-ring (bicyclic) bond motifs is 1. The summed E-state index contributed by atoms with van der Waals surface area (Å²) in [5.74, 6) is -0.265. The molecule has 1 aromatic heterocycles. The monoisotopic (exact) mass is 300 g/mol. The zero-order valence-electron chi connectivity index (χ0n) is 12.3. The van der Waals surface area contributed by atoms with E-state index in [2.05, 4.69) is 31.8 Å². The second-order valence-electron chi connectivity index (χ2n) is 6.19. The van der Waals surface area contributed by atoms with Crippen molar-refractivity contribution in [3.63, 3.8) is 0 Å². The predicted molar refractivity (Wildman–Crippen MR) is 87.1 cm³/mol. The van der Waals surface area contributed by atoms with Crippen LogP contribution >= 0.6 is 12.2 Å². The van der Waals surface area contributed by atoms with Crippen LogP contribution in [0.3, 0.4) is 0 Å². The lowest BCUT2D eigenvalue weighted by Gasteiger charge is -2.23. The van der Waals surface area contributed by atoms with Gasteiger partial charge in [0.05, 0.1) is 16.7 Å². The minimum absolute atomic E-state index is 0.0255. The molecule has 0 fully saturated rings. The van der Waals surface area contributed by atoms with E-state index in [1.165, 1.54) is 17.7 Å². The average Bonchev–Trinajstić information content (AvgIpc) is 2.73. The van der Waals surface area contributed by atoms with Crippen molar-refractivity contribution in [1.82, 2.24) is 9.55 Å². The van der Waals surface area contributed by atoms with E-state index in [0.29, 0.717) is 4.77 Å². The molecule has 0 spiro atoms.